The molecule has 0 saturated carbocycles. The minimum Gasteiger partial charge on any atom is -0.396 e. The van der Waals surface area contributed by atoms with Gasteiger partial charge in [-0.05, 0) is 52.8 Å². The molecule has 0 aliphatic carbocycles. The van der Waals surface area contributed by atoms with Gasteiger partial charge in [0.2, 0.25) is 11.8 Å². The Morgan fingerprint density at radius 1 is 0.844 bits per heavy atom. The van der Waals surface area contributed by atoms with Crippen molar-refractivity contribution >= 4 is 23.6 Å². The predicted molar refractivity (Wildman–Crippen MR) is 178 cm³/mol. The fraction of sp³-hybridized carbons (Fsp3) is 0.444. The van der Waals surface area contributed by atoms with Crippen LogP contribution in [-0.2, 0) is 32.2 Å². The Labute approximate surface area is 270 Å². The van der Waals surface area contributed by atoms with Crippen molar-refractivity contribution in [3.8, 4) is 11.1 Å². The third-order valence-corrected chi connectivity index (χ3v) is 9.04. The minimum absolute atomic E-state index is 0.00396. The van der Waals surface area contributed by atoms with Crippen molar-refractivity contribution in [1.29, 1.82) is 0 Å². The Kier molecular flexibility index (Phi) is 13.9. The van der Waals surface area contributed by atoms with Crippen LogP contribution in [-0.4, -0.2) is 52.8 Å². The van der Waals surface area contributed by atoms with Gasteiger partial charge in [-0.2, -0.15) is 11.8 Å². The molecule has 0 aromatic heterocycles. The first-order valence-electron chi connectivity index (χ1n) is 15.8. The Morgan fingerprint density at radius 2 is 1.60 bits per heavy atom. The highest BCUT2D eigenvalue weighted by Gasteiger charge is 2.38. The second kappa shape index (κ2) is 18.1. The zero-order chi connectivity index (χ0) is 32.0. The highest BCUT2D eigenvalue weighted by molar-refractivity contribution is 7.99. The monoisotopic (exact) mass is 634 g/mol. The quantitative estimate of drug-likeness (QED) is 0.150. The van der Waals surface area contributed by atoms with Gasteiger partial charge in [0, 0.05) is 49.4 Å². The lowest BCUT2D eigenvalue weighted by Crippen LogP contribution is -2.38. The van der Waals surface area contributed by atoms with Crippen LogP contribution in [0.3, 0.4) is 0 Å². The summed E-state index contributed by atoms with van der Waals surface area (Å²) in [6.45, 7) is 4.87. The molecule has 4 N–H and O–H groups in total. The molecule has 1 aliphatic rings. The van der Waals surface area contributed by atoms with Crippen LogP contribution < -0.4 is 10.6 Å². The standard InChI is InChI=1S/C36H46N2O6S/c1-25-33(24-45-19-18-39)43-36(44-35(25)29-15-13-27(23-40)14-16-29)32-11-7-10-31(21-32)30-9-6-8-28(20-30)22-38-34(42)12-4-3-5-17-37-26(2)41/h6-11,13-16,20-21,25,33,35-36,39-40H,3-5,12,17-19,22-24H2,1-2H3,(H,37,41)(H,38,42)/t25-,33+,35+,36+/m0/s1. The molecule has 1 heterocycles. The summed E-state index contributed by atoms with van der Waals surface area (Å²) in [5.74, 6) is 1.49. The van der Waals surface area contributed by atoms with Gasteiger partial charge < -0.3 is 30.3 Å². The summed E-state index contributed by atoms with van der Waals surface area (Å²) in [5, 5.41) is 24.6. The average molecular weight is 635 g/mol. The number of carbonyl (C=O) groups excluding carboxylic acids is 2. The van der Waals surface area contributed by atoms with E-state index in [2.05, 4.69) is 41.8 Å². The molecule has 3 aromatic rings. The van der Waals surface area contributed by atoms with Gasteiger partial charge in [0.15, 0.2) is 6.29 Å². The fourth-order valence-corrected chi connectivity index (χ4v) is 6.35. The maximum atomic E-state index is 12.4. The number of aliphatic hydroxyl groups excluding tert-OH is 2. The molecule has 1 aliphatic heterocycles. The number of aliphatic hydroxyl groups is 2. The Balaban J connectivity index is 1.42. The van der Waals surface area contributed by atoms with Gasteiger partial charge in [-0.25, -0.2) is 0 Å². The van der Waals surface area contributed by atoms with Gasteiger partial charge in [0.1, 0.15) is 0 Å². The summed E-state index contributed by atoms with van der Waals surface area (Å²) < 4.78 is 13.2. The molecule has 0 unspecified atom stereocenters. The van der Waals surface area contributed by atoms with Crippen molar-refractivity contribution < 1.29 is 29.3 Å². The van der Waals surface area contributed by atoms with E-state index in [1.54, 1.807) is 11.8 Å². The zero-order valence-electron chi connectivity index (χ0n) is 26.2. The summed E-state index contributed by atoms with van der Waals surface area (Å²) in [6, 6.07) is 24.3. The summed E-state index contributed by atoms with van der Waals surface area (Å²) in [5.41, 5.74) is 5.91. The molecule has 9 heteroatoms. The second-order valence-electron chi connectivity index (χ2n) is 11.5. The molecular formula is C36H46N2O6S. The number of ether oxygens (including phenoxy) is 2. The van der Waals surface area contributed by atoms with Crippen molar-refractivity contribution in [2.75, 3.05) is 24.7 Å². The van der Waals surface area contributed by atoms with Crippen molar-refractivity contribution in [3.63, 3.8) is 0 Å². The molecule has 0 bridgehead atoms. The molecule has 3 aromatic carbocycles. The molecule has 1 saturated heterocycles. The van der Waals surface area contributed by atoms with E-state index in [4.69, 9.17) is 9.47 Å². The molecule has 242 valence electrons. The largest absolute Gasteiger partial charge is 0.396 e. The lowest BCUT2D eigenvalue weighted by Gasteiger charge is -2.41. The Morgan fingerprint density at radius 3 is 2.33 bits per heavy atom. The van der Waals surface area contributed by atoms with E-state index in [-0.39, 0.29) is 43.2 Å². The first-order chi connectivity index (χ1) is 21.9. The third-order valence-electron chi connectivity index (χ3n) is 8.00. The number of hydrogen-bond acceptors (Lipinski definition) is 7. The number of amides is 2. The summed E-state index contributed by atoms with van der Waals surface area (Å²) in [6.07, 6.45) is 2.19. The van der Waals surface area contributed by atoms with Gasteiger partial charge in [0.05, 0.1) is 25.4 Å². The number of benzene rings is 3. The smallest absolute Gasteiger partial charge is 0.220 e. The number of thioether (sulfide) groups is 1. The number of rotatable bonds is 16. The average Bonchev–Trinajstić information content (AvgIpc) is 3.06. The highest BCUT2D eigenvalue weighted by atomic mass is 32.2. The van der Waals surface area contributed by atoms with E-state index in [1.807, 2.05) is 48.5 Å². The fourth-order valence-electron chi connectivity index (χ4n) is 5.44. The molecular weight excluding hydrogens is 588 g/mol. The van der Waals surface area contributed by atoms with E-state index in [1.165, 1.54) is 6.92 Å². The van der Waals surface area contributed by atoms with E-state index in [0.717, 1.165) is 58.4 Å². The maximum Gasteiger partial charge on any atom is 0.220 e. The molecule has 45 heavy (non-hydrogen) atoms. The first-order valence-corrected chi connectivity index (χ1v) is 16.9. The van der Waals surface area contributed by atoms with Crippen LogP contribution >= 0.6 is 11.8 Å². The van der Waals surface area contributed by atoms with Gasteiger partial charge in [0.25, 0.3) is 0 Å². The number of carbonyl (C=O) groups is 2. The van der Waals surface area contributed by atoms with Crippen molar-refractivity contribution in [3.05, 3.63) is 95.1 Å². The zero-order valence-corrected chi connectivity index (χ0v) is 27.1. The lowest BCUT2D eigenvalue weighted by molar-refractivity contribution is -0.268. The third kappa shape index (κ3) is 10.7. The molecule has 8 nitrogen and oxygen atoms in total. The van der Waals surface area contributed by atoms with Crippen LogP contribution in [0.15, 0.2) is 72.8 Å². The highest BCUT2D eigenvalue weighted by Crippen LogP contribution is 2.43. The maximum absolute atomic E-state index is 12.4. The van der Waals surface area contributed by atoms with E-state index in [0.29, 0.717) is 25.3 Å². The van der Waals surface area contributed by atoms with Crippen LogP contribution in [0.4, 0.5) is 0 Å². The van der Waals surface area contributed by atoms with Crippen molar-refractivity contribution in [2.45, 2.75) is 71.2 Å². The SMILES string of the molecule is CC(=O)NCCCCCC(=O)NCc1cccc(-c2cccc([C@@H]3O[C@H](CSCCO)[C@H](C)[C@H](c4ccc(CO)cc4)O3)c2)c1. The normalized spacial score (nSPS) is 19.6. The van der Waals surface area contributed by atoms with Crippen LogP contribution in [0, 0.1) is 5.92 Å². The number of unbranched alkanes of at least 4 members (excludes halogenated alkanes) is 2. The Hall–Kier alpha value is -3.21. The summed E-state index contributed by atoms with van der Waals surface area (Å²) >= 11 is 1.67. The summed E-state index contributed by atoms with van der Waals surface area (Å²) in [4.78, 5) is 23.3. The van der Waals surface area contributed by atoms with Gasteiger partial charge in [-0.3, -0.25) is 9.59 Å². The molecule has 0 spiro atoms. The van der Waals surface area contributed by atoms with Crippen LogP contribution in [0.5, 0.6) is 0 Å². The number of hydrogen-bond donors (Lipinski definition) is 4. The molecule has 1 fully saturated rings. The minimum atomic E-state index is -0.566. The molecule has 0 radical (unpaired) electrons. The van der Waals surface area contributed by atoms with Crippen molar-refractivity contribution in [2.24, 2.45) is 5.92 Å². The van der Waals surface area contributed by atoms with Crippen molar-refractivity contribution in [1.82, 2.24) is 10.6 Å². The second-order valence-corrected chi connectivity index (χ2v) is 12.7. The van der Waals surface area contributed by atoms with Crippen LogP contribution in [0.25, 0.3) is 11.1 Å². The summed E-state index contributed by atoms with van der Waals surface area (Å²) in [7, 11) is 0. The molecule has 4 atom stereocenters. The lowest BCUT2D eigenvalue weighted by atomic mass is 9.91. The van der Waals surface area contributed by atoms with Crippen LogP contribution in [0.1, 0.15) is 74.2 Å². The Bertz CT molecular complexity index is 1370. The van der Waals surface area contributed by atoms with Crippen LogP contribution in [0.2, 0.25) is 0 Å². The first kappa shape index (κ1) is 34.7. The molecule has 2 amide bonds. The van der Waals surface area contributed by atoms with Gasteiger partial charge in [-0.1, -0.05) is 74.0 Å². The topological polar surface area (TPSA) is 117 Å². The van der Waals surface area contributed by atoms with E-state index >= 15 is 0 Å². The number of nitrogens with one attached hydrogen (secondary N) is 2. The van der Waals surface area contributed by atoms with Gasteiger partial charge >= 0.3 is 0 Å². The molecule has 4 rings (SSSR count). The predicted octanol–water partition coefficient (Wildman–Crippen LogP) is 5.68. The van der Waals surface area contributed by atoms with E-state index in [9.17, 15) is 19.8 Å². The van der Waals surface area contributed by atoms with E-state index < -0.39 is 6.29 Å². The van der Waals surface area contributed by atoms with Gasteiger partial charge in [-0.15, -0.1) is 0 Å².